The van der Waals surface area contributed by atoms with Crippen LogP contribution in [0.2, 0.25) is 5.02 Å². The van der Waals surface area contributed by atoms with Crippen molar-refractivity contribution in [1.82, 2.24) is 9.78 Å². The van der Waals surface area contributed by atoms with E-state index in [9.17, 15) is 21.6 Å². The number of aromatic nitrogens is 2. The Bertz CT molecular complexity index is 1190. The van der Waals surface area contributed by atoms with E-state index in [2.05, 4.69) is 5.10 Å². The lowest BCUT2D eigenvalue weighted by atomic mass is 10.1. The number of halogens is 4. The number of nitrogens with zero attached hydrogens (tertiary/aromatic N) is 2. The molecule has 0 radical (unpaired) electrons. The van der Waals surface area contributed by atoms with Crippen LogP contribution in [0.15, 0.2) is 52.3 Å². The average molecular weight is 446 g/mol. The van der Waals surface area contributed by atoms with Crippen molar-refractivity contribution in [3.8, 4) is 16.9 Å². The first-order chi connectivity index (χ1) is 13.1. The Labute approximate surface area is 167 Å². The van der Waals surface area contributed by atoms with Gasteiger partial charge in [0.1, 0.15) is 0 Å². The molecule has 2 aromatic carbocycles. The summed E-state index contributed by atoms with van der Waals surface area (Å²) in [5.41, 5.74) is 0.274. The Kier molecular flexibility index (Phi) is 4.49. The second kappa shape index (κ2) is 6.51. The topological polar surface area (TPSA) is 78.0 Å². The van der Waals surface area contributed by atoms with Gasteiger partial charge in [-0.15, -0.1) is 11.8 Å². The van der Waals surface area contributed by atoms with E-state index in [4.69, 9.17) is 16.7 Å². The van der Waals surface area contributed by atoms with Crippen molar-refractivity contribution in [2.75, 3.05) is 0 Å². The van der Waals surface area contributed by atoms with E-state index >= 15 is 0 Å². The van der Waals surface area contributed by atoms with Crippen LogP contribution in [0.3, 0.4) is 0 Å². The number of nitrogens with two attached hydrogens (primary N) is 1. The molecule has 0 aliphatic carbocycles. The standard InChI is InChI=1S/C17H11ClF3N3O2S2/c18-9-1-6-12-14(7-9)27-8-13-15(12)24(23-16(13)17(19,20)21)10-2-4-11(5-3-10)28(22,25)26/h1-7H,8H2,(H2,22,25,26). The number of sulfonamides is 1. The van der Waals surface area contributed by atoms with Gasteiger partial charge in [0.05, 0.1) is 16.3 Å². The molecule has 0 spiro atoms. The molecular weight excluding hydrogens is 435 g/mol. The molecule has 28 heavy (non-hydrogen) atoms. The number of hydrogen-bond donors (Lipinski definition) is 1. The van der Waals surface area contributed by atoms with Crippen molar-refractivity contribution in [1.29, 1.82) is 0 Å². The predicted octanol–water partition coefficient (Wildman–Crippen LogP) is 4.46. The lowest BCUT2D eigenvalue weighted by molar-refractivity contribution is -0.141. The summed E-state index contributed by atoms with van der Waals surface area (Å²) in [4.78, 5) is 0.604. The molecule has 5 nitrogen and oxygen atoms in total. The van der Waals surface area contributed by atoms with E-state index in [1.165, 1.54) is 40.7 Å². The molecule has 1 aromatic heterocycles. The third-order valence-electron chi connectivity index (χ3n) is 4.23. The van der Waals surface area contributed by atoms with Gasteiger partial charge in [-0.2, -0.15) is 18.3 Å². The van der Waals surface area contributed by atoms with Gasteiger partial charge in [0, 0.05) is 26.8 Å². The maximum Gasteiger partial charge on any atom is 0.435 e. The highest BCUT2D eigenvalue weighted by atomic mass is 35.5. The quantitative estimate of drug-likeness (QED) is 0.631. The third-order valence-corrected chi connectivity index (χ3v) is 6.48. The minimum atomic E-state index is -4.62. The number of rotatable bonds is 2. The summed E-state index contributed by atoms with van der Waals surface area (Å²) in [6.45, 7) is 0. The molecule has 3 aromatic rings. The van der Waals surface area contributed by atoms with Gasteiger partial charge in [-0.05, 0) is 36.4 Å². The Morgan fingerprint density at radius 3 is 2.43 bits per heavy atom. The number of benzene rings is 2. The molecule has 1 aliphatic rings. The van der Waals surface area contributed by atoms with Gasteiger partial charge in [0.2, 0.25) is 10.0 Å². The summed E-state index contributed by atoms with van der Waals surface area (Å²) in [7, 11) is -3.92. The number of hydrogen-bond acceptors (Lipinski definition) is 4. The highest BCUT2D eigenvalue weighted by Crippen LogP contribution is 2.47. The summed E-state index contributed by atoms with van der Waals surface area (Å²) >= 11 is 7.27. The zero-order chi connectivity index (χ0) is 20.3. The first-order valence-electron chi connectivity index (χ1n) is 7.81. The fourth-order valence-electron chi connectivity index (χ4n) is 3.02. The minimum Gasteiger partial charge on any atom is -0.232 e. The Morgan fingerprint density at radius 1 is 1.14 bits per heavy atom. The fourth-order valence-corrected chi connectivity index (χ4v) is 4.87. The minimum absolute atomic E-state index is 0.0721. The number of fused-ring (bicyclic) bond motifs is 3. The average Bonchev–Trinajstić information content (AvgIpc) is 3.01. The van der Waals surface area contributed by atoms with Gasteiger partial charge in [-0.1, -0.05) is 17.7 Å². The maximum atomic E-state index is 13.6. The Hall–Kier alpha value is -2.01. The van der Waals surface area contributed by atoms with Crippen molar-refractivity contribution >= 4 is 33.4 Å². The normalized spacial score (nSPS) is 13.9. The molecule has 2 heterocycles. The van der Waals surface area contributed by atoms with Crippen LogP contribution in [-0.4, -0.2) is 18.2 Å². The van der Waals surface area contributed by atoms with E-state index in [-0.39, 0.29) is 21.9 Å². The van der Waals surface area contributed by atoms with Crippen LogP contribution >= 0.6 is 23.4 Å². The molecule has 0 unspecified atom stereocenters. The summed E-state index contributed by atoms with van der Waals surface area (Å²) < 4.78 is 64.7. The van der Waals surface area contributed by atoms with Gasteiger partial charge in [0.25, 0.3) is 0 Å². The van der Waals surface area contributed by atoms with Crippen LogP contribution in [0.1, 0.15) is 11.3 Å². The number of alkyl halides is 3. The van der Waals surface area contributed by atoms with Crippen LogP contribution < -0.4 is 5.14 Å². The summed E-state index contributed by atoms with van der Waals surface area (Å²) in [5.74, 6) is 0.0901. The van der Waals surface area contributed by atoms with Crippen LogP contribution in [0, 0.1) is 0 Å². The molecule has 0 saturated carbocycles. The predicted molar refractivity (Wildman–Crippen MR) is 99.9 cm³/mol. The Morgan fingerprint density at radius 2 is 1.82 bits per heavy atom. The fraction of sp³-hybridized carbons (Fsp3) is 0.118. The van der Waals surface area contributed by atoms with Gasteiger partial charge in [0.15, 0.2) is 5.69 Å². The monoisotopic (exact) mass is 445 g/mol. The van der Waals surface area contributed by atoms with Crippen LogP contribution in [0.4, 0.5) is 13.2 Å². The van der Waals surface area contributed by atoms with Crippen LogP contribution in [-0.2, 0) is 22.0 Å². The first kappa shape index (κ1) is 19.3. The van der Waals surface area contributed by atoms with Crippen molar-refractivity contribution < 1.29 is 21.6 Å². The highest BCUT2D eigenvalue weighted by Gasteiger charge is 2.41. The van der Waals surface area contributed by atoms with E-state index in [1.807, 2.05) is 0 Å². The zero-order valence-corrected chi connectivity index (χ0v) is 16.3. The lowest BCUT2D eigenvalue weighted by Gasteiger charge is -2.19. The van der Waals surface area contributed by atoms with Gasteiger partial charge in [-0.3, -0.25) is 0 Å². The third kappa shape index (κ3) is 3.30. The number of thioether (sulfide) groups is 1. The molecule has 0 saturated heterocycles. The number of primary sulfonamides is 1. The van der Waals surface area contributed by atoms with E-state index in [0.29, 0.717) is 16.3 Å². The van der Waals surface area contributed by atoms with Crippen LogP contribution in [0.5, 0.6) is 0 Å². The van der Waals surface area contributed by atoms with Gasteiger partial charge >= 0.3 is 6.18 Å². The second-order valence-electron chi connectivity index (χ2n) is 6.05. The molecule has 0 amide bonds. The van der Waals surface area contributed by atoms with Crippen molar-refractivity contribution in [2.45, 2.75) is 21.7 Å². The maximum absolute atomic E-state index is 13.6. The molecule has 0 atom stereocenters. The highest BCUT2D eigenvalue weighted by molar-refractivity contribution is 7.98. The first-order valence-corrected chi connectivity index (χ1v) is 10.7. The summed E-state index contributed by atoms with van der Waals surface area (Å²) in [6.07, 6.45) is -4.62. The van der Waals surface area contributed by atoms with E-state index < -0.39 is 21.9 Å². The molecule has 0 bridgehead atoms. The SMILES string of the molecule is NS(=O)(=O)c1ccc(-n2nc(C(F)(F)F)c3c2-c2ccc(Cl)cc2SC3)cc1. The molecular formula is C17H11ClF3N3O2S2. The molecule has 11 heteroatoms. The van der Waals surface area contributed by atoms with Gasteiger partial charge < -0.3 is 0 Å². The van der Waals surface area contributed by atoms with Gasteiger partial charge in [-0.25, -0.2) is 18.2 Å². The van der Waals surface area contributed by atoms with E-state index in [0.717, 1.165) is 4.90 Å². The smallest absolute Gasteiger partial charge is 0.232 e. The molecule has 2 N–H and O–H groups in total. The zero-order valence-electron chi connectivity index (χ0n) is 13.9. The summed E-state index contributed by atoms with van der Waals surface area (Å²) in [5, 5.41) is 9.37. The van der Waals surface area contributed by atoms with Crippen molar-refractivity contribution in [3.63, 3.8) is 0 Å². The van der Waals surface area contributed by atoms with Crippen molar-refractivity contribution in [3.05, 3.63) is 58.7 Å². The van der Waals surface area contributed by atoms with E-state index in [1.54, 1.807) is 18.2 Å². The largest absolute Gasteiger partial charge is 0.435 e. The summed E-state index contributed by atoms with van der Waals surface area (Å²) in [6, 6.07) is 10.1. The lowest BCUT2D eigenvalue weighted by Crippen LogP contribution is -2.12. The van der Waals surface area contributed by atoms with Crippen LogP contribution in [0.25, 0.3) is 16.9 Å². The molecule has 4 rings (SSSR count). The second-order valence-corrected chi connectivity index (χ2v) is 9.07. The Balaban J connectivity index is 1.96. The molecule has 146 valence electrons. The van der Waals surface area contributed by atoms with Crippen molar-refractivity contribution in [2.24, 2.45) is 5.14 Å². The molecule has 1 aliphatic heterocycles. The molecule has 0 fully saturated rings.